The molecule has 0 spiro atoms. The zero-order valence-electron chi connectivity index (χ0n) is 6.91. The van der Waals surface area contributed by atoms with Gasteiger partial charge in [0.1, 0.15) is 5.25 Å². The molecule has 1 unspecified atom stereocenters. The minimum atomic E-state index is -0.730. The topological polar surface area (TPSA) is 37.3 Å². The van der Waals surface area contributed by atoms with Gasteiger partial charge in [0, 0.05) is 5.75 Å². The fourth-order valence-electron chi connectivity index (χ4n) is 0.721. The maximum Gasteiger partial charge on any atom is 0.316 e. The van der Waals surface area contributed by atoms with Gasteiger partial charge in [0.25, 0.3) is 0 Å². The summed E-state index contributed by atoms with van der Waals surface area (Å²) in [6.45, 7) is 7.36. The van der Waals surface area contributed by atoms with Crippen molar-refractivity contribution in [3.05, 3.63) is 12.7 Å². The molecule has 2 nitrogen and oxygen atoms in total. The van der Waals surface area contributed by atoms with Crippen LogP contribution >= 0.6 is 11.8 Å². The van der Waals surface area contributed by atoms with E-state index in [9.17, 15) is 4.79 Å². The van der Waals surface area contributed by atoms with E-state index >= 15 is 0 Å². The van der Waals surface area contributed by atoms with Crippen LogP contribution in [0.2, 0.25) is 0 Å². The van der Waals surface area contributed by atoms with Crippen LogP contribution in [0.4, 0.5) is 0 Å². The summed E-state index contributed by atoms with van der Waals surface area (Å²) in [5, 5.41) is 8.42. The van der Waals surface area contributed by atoms with Crippen LogP contribution < -0.4 is 0 Å². The van der Waals surface area contributed by atoms with Gasteiger partial charge in [-0.25, -0.2) is 0 Å². The molecule has 0 aliphatic carbocycles. The van der Waals surface area contributed by atoms with Gasteiger partial charge in [-0.2, -0.15) is 0 Å². The zero-order chi connectivity index (χ0) is 8.85. The molecule has 0 bridgehead atoms. The predicted octanol–water partition coefficient (Wildman–Crippen LogP) is 2.01. The molecule has 0 aromatic rings. The smallest absolute Gasteiger partial charge is 0.316 e. The molecule has 0 fully saturated rings. The maximum absolute atomic E-state index is 10.6. The van der Waals surface area contributed by atoms with Gasteiger partial charge < -0.3 is 5.11 Å². The summed E-state index contributed by atoms with van der Waals surface area (Å²) in [5.74, 6) is 0.152. The van der Waals surface area contributed by atoms with Gasteiger partial charge in [-0.1, -0.05) is 19.9 Å². The van der Waals surface area contributed by atoms with E-state index in [4.69, 9.17) is 5.11 Å². The van der Waals surface area contributed by atoms with Crippen molar-refractivity contribution in [2.24, 2.45) is 5.92 Å². The lowest BCUT2D eigenvalue weighted by molar-refractivity contribution is -0.137. The van der Waals surface area contributed by atoms with Gasteiger partial charge in [-0.05, 0) is 5.92 Å². The lowest BCUT2D eigenvalue weighted by Gasteiger charge is -2.13. The number of thioether (sulfide) groups is 1. The minimum absolute atomic E-state index is 0.178. The van der Waals surface area contributed by atoms with E-state index in [0.29, 0.717) is 5.75 Å². The standard InChI is InChI=1S/C8H14O2S/c1-4-5-11-7(6(2)3)8(9)10/h4,6-7H,1,5H2,2-3H3,(H,9,10). The Labute approximate surface area is 71.7 Å². The highest BCUT2D eigenvalue weighted by Gasteiger charge is 2.20. The Balaban J connectivity index is 3.89. The van der Waals surface area contributed by atoms with E-state index in [2.05, 4.69) is 6.58 Å². The van der Waals surface area contributed by atoms with Crippen molar-refractivity contribution < 1.29 is 9.90 Å². The van der Waals surface area contributed by atoms with E-state index < -0.39 is 5.97 Å². The van der Waals surface area contributed by atoms with Crippen LogP contribution in [-0.4, -0.2) is 22.1 Å². The van der Waals surface area contributed by atoms with Gasteiger partial charge >= 0.3 is 5.97 Å². The quantitative estimate of drug-likeness (QED) is 0.648. The molecule has 0 aromatic heterocycles. The molecule has 0 saturated heterocycles. The van der Waals surface area contributed by atoms with Crippen LogP contribution in [0.1, 0.15) is 13.8 Å². The Bertz CT molecular complexity index is 143. The average molecular weight is 174 g/mol. The summed E-state index contributed by atoms with van der Waals surface area (Å²) < 4.78 is 0. The Morgan fingerprint density at radius 2 is 2.27 bits per heavy atom. The highest BCUT2D eigenvalue weighted by atomic mass is 32.2. The molecule has 3 heteroatoms. The first kappa shape index (κ1) is 10.6. The van der Waals surface area contributed by atoms with Crippen molar-refractivity contribution in [3.8, 4) is 0 Å². The monoisotopic (exact) mass is 174 g/mol. The van der Waals surface area contributed by atoms with Gasteiger partial charge in [-0.3, -0.25) is 4.79 Å². The molecule has 64 valence electrons. The SMILES string of the molecule is C=CCSC(C(=O)O)C(C)C. The summed E-state index contributed by atoms with van der Waals surface area (Å²) in [7, 11) is 0. The fourth-order valence-corrected chi connectivity index (χ4v) is 1.59. The van der Waals surface area contributed by atoms with Crippen LogP contribution in [0.3, 0.4) is 0 Å². The Morgan fingerprint density at radius 1 is 1.73 bits per heavy atom. The molecule has 11 heavy (non-hydrogen) atoms. The van der Waals surface area contributed by atoms with Crippen LogP contribution in [0.15, 0.2) is 12.7 Å². The summed E-state index contributed by atoms with van der Waals surface area (Å²) in [4.78, 5) is 10.6. The first-order valence-corrected chi connectivity index (χ1v) is 4.59. The van der Waals surface area contributed by atoms with Crippen molar-refractivity contribution in [1.29, 1.82) is 0 Å². The summed E-state index contributed by atoms with van der Waals surface area (Å²) in [5.41, 5.74) is 0. The molecule has 0 radical (unpaired) electrons. The van der Waals surface area contributed by atoms with Crippen molar-refractivity contribution in [3.63, 3.8) is 0 Å². The molecule has 0 rings (SSSR count). The Kier molecular flexibility index (Phi) is 5.03. The first-order valence-electron chi connectivity index (χ1n) is 3.55. The minimum Gasteiger partial charge on any atom is -0.480 e. The normalized spacial score (nSPS) is 13.0. The molecule has 0 aromatic carbocycles. The predicted molar refractivity (Wildman–Crippen MR) is 48.9 cm³/mol. The number of carboxylic acids is 1. The third-order valence-electron chi connectivity index (χ3n) is 1.24. The summed E-state index contributed by atoms with van der Waals surface area (Å²) >= 11 is 1.42. The van der Waals surface area contributed by atoms with E-state index in [0.717, 1.165) is 0 Å². The average Bonchev–Trinajstić information content (AvgIpc) is 1.87. The molecule has 0 aliphatic heterocycles. The highest BCUT2D eigenvalue weighted by molar-refractivity contribution is 8.00. The highest BCUT2D eigenvalue weighted by Crippen LogP contribution is 2.19. The van der Waals surface area contributed by atoms with Crippen LogP contribution in [-0.2, 0) is 4.79 Å². The van der Waals surface area contributed by atoms with Gasteiger partial charge in [0.15, 0.2) is 0 Å². The van der Waals surface area contributed by atoms with Gasteiger partial charge in [0.05, 0.1) is 0 Å². The molecule has 0 heterocycles. The van der Waals surface area contributed by atoms with Gasteiger partial charge in [0.2, 0.25) is 0 Å². The van der Waals surface area contributed by atoms with Gasteiger partial charge in [-0.15, -0.1) is 18.3 Å². The van der Waals surface area contributed by atoms with E-state index in [1.54, 1.807) is 6.08 Å². The van der Waals surface area contributed by atoms with Crippen LogP contribution in [0.25, 0.3) is 0 Å². The van der Waals surface area contributed by atoms with Crippen LogP contribution in [0.5, 0.6) is 0 Å². The fraction of sp³-hybridized carbons (Fsp3) is 0.625. The number of hydrogen-bond donors (Lipinski definition) is 1. The Hall–Kier alpha value is -0.440. The van der Waals surface area contributed by atoms with E-state index in [-0.39, 0.29) is 11.2 Å². The molecule has 0 aliphatic rings. The second-order valence-corrected chi connectivity index (χ2v) is 3.80. The maximum atomic E-state index is 10.6. The first-order chi connectivity index (χ1) is 5.09. The largest absolute Gasteiger partial charge is 0.480 e. The molecular weight excluding hydrogens is 160 g/mol. The summed E-state index contributed by atoms with van der Waals surface area (Å²) in [6, 6.07) is 0. The van der Waals surface area contributed by atoms with Crippen molar-refractivity contribution >= 4 is 17.7 Å². The molecular formula is C8H14O2S. The van der Waals surface area contributed by atoms with Crippen LogP contribution in [0, 0.1) is 5.92 Å². The molecule has 0 saturated carbocycles. The number of carbonyl (C=O) groups is 1. The molecule has 1 atom stereocenters. The number of rotatable bonds is 5. The van der Waals surface area contributed by atoms with Crippen molar-refractivity contribution in [2.75, 3.05) is 5.75 Å². The van der Waals surface area contributed by atoms with E-state index in [1.807, 2.05) is 13.8 Å². The second kappa shape index (κ2) is 5.24. The second-order valence-electron chi connectivity index (χ2n) is 2.62. The molecule has 0 amide bonds. The Morgan fingerprint density at radius 3 is 2.55 bits per heavy atom. The summed E-state index contributed by atoms with van der Waals surface area (Å²) in [6.07, 6.45) is 1.73. The lowest BCUT2D eigenvalue weighted by Crippen LogP contribution is -2.22. The van der Waals surface area contributed by atoms with Crippen molar-refractivity contribution in [2.45, 2.75) is 19.1 Å². The lowest BCUT2D eigenvalue weighted by atomic mass is 10.1. The molecule has 1 N–H and O–H groups in total. The number of carboxylic acid groups (broad SMARTS) is 1. The zero-order valence-corrected chi connectivity index (χ0v) is 7.73. The third kappa shape index (κ3) is 4.09. The van der Waals surface area contributed by atoms with Crippen molar-refractivity contribution in [1.82, 2.24) is 0 Å². The van der Waals surface area contributed by atoms with E-state index in [1.165, 1.54) is 11.8 Å². The number of hydrogen-bond acceptors (Lipinski definition) is 2. The third-order valence-corrected chi connectivity index (χ3v) is 2.78. The number of aliphatic carboxylic acids is 1.